The summed E-state index contributed by atoms with van der Waals surface area (Å²) in [7, 11) is -2.86. The van der Waals surface area contributed by atoms with Crippen LogP contribution in [-0.2, 0) is 24.3 Å². The lowest BCUT2D eigenvalue weighted by atomic mass is 10.1. The molecule has 2 bridgehead atoms. The molecule has 17 heteroatoms. The van der Waals surface area contributed by atoms with Crippen molar-refractivity contribution in [1.29, 1.82) is 0 Å². The fourth-order valence-electron chi connectivity index (χ4n) is 6.27. The molecule has 2 aromatic carbocycles. The molecule has 0 radical (unpaired) electrons. The van der Waals surface area contributed by atoms with E-state index in [0.717, 1.165) is 17.7 Å². The van der Waals surface area contributed by atoms with Gasteiger partial charge in [-0.05, 0) is 91.6 Å². The zero-order valence-corrected chi connectivity index (χ0v) is 32.6. The van der Waals surface area contributed by atoms with E-state index in [1.54, 1.807) is 59.7 Å². The van der Waals surface area contributed by atoms with Crippen LogP contribution in [0, 0.1) is 5.82 Å². The number of fused-ring (bicyclic) bond motifs is 2. The number of rotatable bonds is 11. The minimum atomic E-state index is -4.37. The third kappa shape index (κ3) is 9.67. The summed E-state index contributed by atoms with van der Waals surface area (Å²) in [6.45, 7) is 11.7. The molecule has 54 heavy (non-hydrogen) atoms. The Kier molecular flexibility index (Phi) is 11.9. The minimum Gasteiger partial charge on any atom is -0.489 e. The van der Waals surface area contributed by atoms with Crippen molar-refractivity contribution in [3.05, 3.63) is 54.3 Å². The summed E-state index contributed by atoms with van der Waals surface area (Å²) in [5, 5.41) is 7.69. The number of ether oxygens (including phenoxy) is 5. The van der Waals surface area contributed by atoms with Crippen molar-refractivity contribution < 1.29 is 50.6 Å². The van der Waals surface area contributed by atoms with E-state index in [-0.39, 0.29) is 30.4 Å². The van der Waals surface area contributed by atoms with Crippen LogP contribution in [0.4, 0.5) is 31.2 Å². The number of hydrogen-bond acceptors (Lipinski definition) is 13. The van der Waals surface area contributed by atoms with Gasteiger partial charge in [0.15, 0.2) is 24.2 Å². The Bertz CT molecular complexity index is 1910. The molecule has 2 fully saturated rings. The van der Waals surface area contributed by atoms with Gasteiger partial charge >= 0.3 is 12.2 Å². The molecule has 0 saturated carbocycles. The Hall–Kier alpha value is -4.74. The highest BCUT2D eigenvalue weighted by Crippen LogP contribution is 2.42. The molecule has 2 aliphatic heterocycles. The molecular weight excluding hydrogens is 725 g/mol. The summed E-state index contributed by atoms with van der Waals surface area (Å²) >= 11 is 0. The number of amides is 2. The molecule has 0 spiro atoms. The van der Waals surface area contributed by atoms with Gasteiger partial charge < -0.3 is 33.5 Å². The Labute approximate surface area is 315 Å². The number of piperazine rings is 1. The van der Waals surface area contributed by atoms with E-state index >= 15 is 0 Å². The summed E-state index contributed by atoms with van der Waals surface area (Å²) in [5.41, 5.74) is 0.157. The van der Waals surface area contributed by atoms with Crippen LogP contribution in [-0.4, -0.2) is 97.5 Å². The fourth-order valence-corrected chi connectivity index (χ4v) is 6.51. The number of halogens is 1. The molecule has 294 valence electrons. The summed E-state index contributed by atoms with van der Waals surface area (Å²) in [5.74, 6) is -0.425. The molecule has 1 N–H and O–H groups in total. The van der Waals surface area contributed by atoms with Crippen molar-refractivity contribution >= 4 is 39.5 Å². The molecule has 3 atom stereocenters. The molecule has 3 aromatic rings. The number of para-hydroxylation sites is 1. The molecule has 2 saturated heterocycles. The predicted molar refractivity (Wildman–Crippen MR) is 199 cm³/mol. The van der Waals surface area contributed by atoms with E-state index in [2.05, 4.69) is 15.1 Å². The van der Waals surface area contributed by atoms with Crippen LogP contribution in [0.15, 0.2) is 48.5 Å². The van der Waals surface area contributed by atoms with Crippen molar-refractivity contribution in [2.45, 2.75) is 89.8 Å². The number of aromatic nitrogens is 2. The van der Waals surface area contributed by atoms with E-state index in [0.29, 0.717) is 41.5 Å². The third-order valence-corrected chi connectivity index (χ3v) is 9.79. The van der Waals surface area contributed by atoms with Gasteiger partial charge in [0, 0.05) is 49.6 Å². The number of methoxy groups -OCH3 is 1. The van der Waals surface area contributed by atoms with Gasteiger partial charge in [-0.15, -0.1) is 10.2 Å². The molecule has 3 unspecified atom stereocenters. The first kappa shape index (κ1) is 40.4. The molecule has 1 aromatic heterocycles. The number of imide groups is 1. The Morgan fingerprint density at radius 1 is 0.926 bits per heavy atom. The molecule has 2 aliphatic rings. The first-order valence-corrected chi connectivity index (χ1v) is 19.0. The second kappa shape index (κ2) is 15.9. The number of carbonyl (C=O) groups is 2. The van der Waals surface area contributed by atoms with Gasteiger partial charge in [-0.25, -0.2) is 14.0 Å². The molecular formula is C37H48FN5O10S. The van der Waals surface area contributed by atoms with E-state index in [1.165, 1.54) is 26.2 Å². The minimum absolute atomic E-state index is 0.0124. The van der Waals surface area contributed by atoms with Gasteiger partial charge in [0.05, 0.1) is 11.4 Å². The maximum absolute atomic E-state index is 14.8. The average Bonchev–Trinajstić information content (AvgIpc) is 3.33. The van der Waals surface area contributed by atoms with Gasteiger partial charge in [0.2, 0.25) is 0 Å². The zero-order chi connectivity index (χ0) is 39.6. The maximum Gasteiger partial charge on any atom is 0.425 e. The maximum atomic E-state index is 14.8. The summed E-state index contributed by atoms with van der Waals surface area (Å²) < 4.78 is 75.0. The average molecular weight is 774 g/mol. The third-order valence-electron chi connectivity index (χ3n) is 8.63. The standard InChI is InChI=1S/C37H48FN5O10S/c1-23(54(46,47)48)21-50-32-17-24(15-16-28(32)38)42-25-13-14-26(42)20-41(19-25)30-18-29(27-11-9-10-12-31(27)51-22-49-8)39-40-33(30)43(34(44)52-36(2,3)4)35(45)53-37(5,6)7/h9-12,15-18,23,25-26H,13-14,19-22H2,1-8H3,(H,46,47,48). The Balaban J connectivity index is 1.56. The summed E-state index contributed by atoms with van der Waals surface area (Å²) in [6.07, 6.45) is -0.449. The van der Waals surface area contributed by atoms with Gasteiger partial charge in [-0.2, -0.15) is 13.3 Å². The van der Waals surface area contributed by atoms with Crippen molar-refractivity contribution in [2.75, 3.05) is 48.3 Å². The van der Waals surface area contributed by atoms with Crippen LogP contribution in [0.5, 0.6) is 11.5 Å². The van der Waals surface area contributed by atoms with Crippen LogP contribution in [0.3, 0.4) is 0 Å². The van der Waals surface area contributed by atoms with Crippen LogP contribution >= 0.6 is 0 Å². The van der Waals surface area contributed by atoms with Crippen molar-refractivity contribution in [3.63, 3.8) is 0 Å². The van der Waals surface area contributed by atoms with Gasteiger partial charge in [-0.1, -0.05) is 12.1 Å². The van der Waals surface area contributed by atoms with E-state index < -0.39 is 51.2 Å². The first-order chi connectivity index (χ1) is 25.3. The lowest BCUT2D eigenvalue weighted by Crippen LogP contribution is -2.54. The van der Waals surface area contributed by atoms with E-state index in [9.17, 15) is 27.0 Å². The van der Waals surface area contributed by atoms with E-state index in [4.69, 9.17) is 23.7 Å². The molecule has 0 aliphatic carbocycles. The number of hydrogen-bond donors (Lipinski definition) is 1. The zero-order valence-electron chi connectivity index (χ0n) is 31.7. The van der Waals surface area contributed by atoms with Gasteiger partial charge in [0.1, 0.15) is 28.8 Å². The highest BCUT2D eigenvalue weighted by Gasteiger charge is 2.43. The van der Waals surface area contributed by atoms with E-state index in [1.807, 2.05) is 23.1 Å². The van der Waals surface area contributed by atoms with Crippen LogP contribution in [0.1, 0.15) is 61.3 Å². The first-order valence-electron chi connectivity index (χ1n) is 17.5. The molecule has 15 nitrogen and oxygen atoms in total. The fraction of sp³-hybridized carbons (Fsp3) is 0.514. The molecule has 5 rings (SSSR count). The van der Waals surface area contributed by atoms with Crippen molar-refractivity contribution in [1.82, 2.24) is 10.2 Å². The number of benzene rings is 2. The Morgan fingerprint density at radius 2 is 1.54 bits per heavy atom. The molecule has 3 heterocycles. The smallest absolute Gasteiger partial charge is 0.425 e. The highest BCUT2D eigenvalue weighted by molar-refractivity contribution is 7.86. The SMILES string of the molecule is COCOc1ccccc1-c1cc(N2CC3CCC(C2)N3c2ccc(F)c(OCC(C)S(=O)(=O)O)c2)c(N(C(=O)OC(C)(C)C)C(=O)OC(C)(C)C)nn1. The van der Waals surface area contributed by atoms with Crippen LogP contribution in [0.25, 0.3) is 11.3 Å². The Morgan fingerprint density at radius 3 is 2.11 bits per heavy atom. The van der Waals surface area contributed by atoms with Gasteiger partial charge in [0.25, 0.3) is 10.1 Å². The summed E-state index contributed by atoms with van der Waals surface area (Å²) in [6, 6.07) is 13.1. The highest BCUT2D eigenvalue weighted by atomic mass is 32.2. The monoisotopic (exact) mass is 773 g/mol. The largest absolute Gasteiger partial charge is 0.489 e. The lowest BCUT2D eigenvalue weighted by molar-refractivity contribution is 0.0428. The topological polar surface area (TPSA) is 170 Å². The summed E-state index contributed by atoms with van der Waals surface area (Å²) in [4.78, 5) is 32.6. The number of nitrogens with zero attached hydrogens (tertiary/aromatic N) is 5. The quantitative estimate of drug-likeness (QED) is 0.166. The second-order valence-electron chi connectivity index (χ2n) is 15.2. The van der Waals surface area contributed by atoms with Gasteiger partial charge in [-0.3, -0.25) is 4.55 Å². The lowest BCUT2D eigenvalue weighted by Gasteiger charge is -2.44. The van der Waals surface area contributed by atoms with Crippen LogP contribution in [0.2, 0.25) is 0 Å². The predicted octanol–water partition coefficient (Wildman–Crippen LogP) is 6.45. The van der Waals surface area contributed by atoms with Crippen molar-refractivity contribution in [2.24, 2.45) is 0 Å². The normalized spacial score (nSPS) is 17.9. The second-order valence-corrected chi connectivity index (χ2v) is 17.1. The molecule has 2 amide bonds. The van der Waals surface area contributed by atoms with Crippen LogP contribution < -0.4 is 24.2 Å². The number of carbonyl (C=O) groups excluding carboxylic acids is 2. The van der Waals surface area contributed by atoms with Crippen molar-refractivity contribution in [3.8, 4) is 22.8 Å². The number of anilines is 3.